The SMILES string of the molecule is O=C(O)C1CN(C(=O)NCCCc2ncc[nH]2)CCO1. The van der Waals surface area contributed by atoms with E-state index in [1.165, 1.54) is 4.90 Å². The number of nitrogens with one attached hydrogen (secondary N) is 2. The van der Waals surface area contributed by atoms with Gasteiger partial charge in [0, 0.05) is 31.9 Å². The van der Waals surface area contributed by atoms with Crippen LogP contribution in [-0.4, -0.2) is 64.3 Å². The molecule has 0 radical (unpaired) electrons. The van der Waals surface area contributed by atoms with Gasteiger partial charge in [-0.1, -0.05) is 0 Å². The highest BCUT2D eigenvalue weighted by Gasteiger charge is 2.28. The molecule has 1 atom stereocenters. The van der Waals surface area contributed by atoms with E-state index >= 15 is 0 Å². The van der Waals surface area contributed by atoms with Gasteiger partial charge >= 0.3 is 12.0 Å². The first-order valence-electron chi connectivity index (χ1n) is 6.52. The van der Waals surface area contributed by atoms with E-state index in [2.05, 4.69) is 15.3 Å². The van der Waals surface area contributed by atoms with Crippen molar-refractivity contribution in [3.63, 3.8) is 0 Å². The first-order valence-corrected chi connectivity index (χ1v) is 6.52. The van der Waals surface area contributed by atoms with Gasteiger partial charge in [-0.25, -0.2) is 14.6 Å². The van der Waals surface area contributed by atoms with Crippen LogP contribution < -0.4 is 5.32 Å². The third kappa shape index (κ3) is 3.95. The topological polar surface area (TPSA) is 108 Å². The molecule has 1 unspecified atom stereocenters. The number of aryl methyl sites for hydroxylation is 1. The fourth-order valence-corrected chi connectivity index (χ4v) is 1.98. The van der Waals surface area contributed by atoms with Crippen LogP contribution in [0.3, 0.4) is 0 Å². The van der Waals surface area contributed by atoms with Crippen LogP contribution in [0.5, 0.6) is 0 Å². The number of hydrogen-bond donors (Lipinski definition) is 3. The normalized spacial score (nSPS) is 18.8. The van der Waals surface area contributed by atoms with Crippen molar-refractivity contribution < 1.29 is 19.4 Å². The molecule has 8 nitrogen and oxygen atoms in total. The van der Waals surface area contributed by atoms with E-state index in [0.717, 1.165) is 18.7 Å². The van der Waals surface area contributed by atoms with Crippen LogP contribution in [0.1, 0.15) is 12.2 Å². The lowest BCUT2D eigenvalue weighted by molar-refractivity contribution is -0.154. The van der Waals surface area contributed by atoms with Crippen molar-refractivity contribution in [2.75, 3.05) is 26.2 Å². The monoisotopic (exact) mass is 282 g/mol. The van der Waals surface area contributed by atoms with E-state index in [4.69, 9.17) is 9.84 Å². The highest BCUT2D eigenvalue weighted by Crippen LogP contribution is 2.05. The van der Waals surface area contributed by atoms with Gasteiger partial charge in [-0.2, -0.15) is 0 Å². The minimum absolute atomic E-state index is 0.0827. The summed E-state index contributed by atoms with van der Waals surface area (Å²) in [6, 6.07) is -0.251. The van der Waals surface area contributed by atoms with Crippen LogP contribution in [-0.2, 0) is 16.0 Å². The molecule has 1 saturated heterocycles. The second-order valence-corrected chi connectivity index (χ2v) is 4.52. The summed E-state index contributed by atoms with van der Waals surface area (Å²) in [4.78, 5) is 31.2. The van der Waals surface area contributed by atoms with Crippen LogP contribution in [0.25, 0.3) is 0 Å². The molecule has 0 aromatic carbocycles. The third-order valence-corrected chi connectivity index (χ3v) is 3.05. The first-order chi connectivity index (χ1) is 9.66. The van der Waals surface area contributed by atoms with Crippen LogP contribution in [0.4, 0.5) is 4.79 Å². The molecule has 1 fully saturated rings. The minimum Gasteiger partial charge on any atom is -0.479 e. The Bertz CT molecular complexity index is 448. The smallest absolute Gasteiger partial charge is 0.334 e. The number of amides is 2. The van der Waals surface area contributed by atoms with Crippen molar-refractivity contribution in [2.45, 2.75) is 18.9 Å². The molecule has 1 aliphatic rings. The molecule has 1 aromatic heterocycles. The lowest BCUT2D eigenvalue weighted by Crippen LogP contribution is -2.51. The van der Waals surface area contributed by atoms with Gasteiger partial charge in [0.25, 0.3) is 0 Å². The predicted molar refractivity (Wildman–Crippen MR) is 69.3 cm³/mol. The van der Waals surface area contributed by atoms with Gasteiger partial charge in [-0.3, -0.25) is 0 Å². The Balaban J connectivity index is 1.67. The summed E-state index contributed by atoms with van der Waals surface area (Å²) in [7, 11) is 0. The molecule has 110 valence electrons. The van der Waals surface area contributed by atoms with Gasteiger partial charge < -0.3 is 25.0 Å². The number of H-pyrrole nitrogens is 1. The van der Waals surface area contributed by atoms with Crippen LogP contribution >= 0.6 is 0 Å². The molecular formula is C12H18N4O4. The molecule has 8 heteroatoms. The Labute approximate surface area is 116 Å². The quantitative estimate of drug-likeness (QED) is 0.650. The third-order valence-electron chi connectivity index (χ3n) is 3.05. The maximum Gasteiger partial charge on any atom is 0.334 e. The lowest BCUT2D eigenvalue weighted by atomic mass is 10.3. The molecule has 2 rings (SSSR count). The number of urea groups is 1. The van der Waals surface area contributed by atoms with Crippen LogP contribution in [0.15, 0.2) is 12.4 Å². The van der Waals surface area contributed by atoms with Crippen molar-refractivity contribution >= 4 is 12.0 Å². The number of carboxylic acids is 1. The van der Waals surface area contributed by atoms with Crippen molar-refractivity contribution in [3.8, 4) is 0 Å². The molecule has 1 aromatic rings. The summed E-state index contributed by atoms with van der Waals surface area (Å²) in [6.45, 7) is 1.26. The number of nitrogens with zero attached hydrogens (tertiary/aromatic N) is 2. The highest BCUT2D eigenvalue weighted by atomic mass is 16.5. The fraction of sp³-hybridized carbons (Fsp3) is 0.583. The number of carboxylic acid groups (broad SMARTS) is 1. The average Bonchev–Trinajstić information content (AvgIpc) is 2.96. The van der Waals surface area contributed by atoms with Crippen molar-refractivity contribution in [2.24, 2.45) is 0 Å². The number of aromatic amines is 1. The summed E-state index contributed by atoms with van der Waals surface area (Å²) in [5.74, 6) is -0.156. The molecule has 0 bridgehead atoms. The van der Waals surface area contributed by atoms with Crippen molar-refractivity contribution in [3.05, 3.63) is 18.2 Å². The van der Waals surface area contributed by atoms with E-state index in [1.54, 1.807) is 12.4 Å². The number of carbonyl (C=O) groups is 2. The highest BCUT2D eigenvalue weighted by molar-refractivity contribution is 5.77. The molecule has 0 saturated carbocycles. The summed E-state index contributed by atoms with van der Waals surface area (Å²) in [5.41, 5.74) is 0. The maximum atomic E-state index is 11.9. The zero-order valence-corrected chi connectivity index (χ0v) is 11.0. The maximum absolute atomic E-state index is 11.9. The van der Waals surface area contributed by atoms with Crippen LogP contribution in [0, 0.1) is 0 Å². The number of morpholine rings is 1. The molecule has 0 aliphatic carbocycles. The van der Waals surface area contributed by atoms with Gasteiger partial charge in [-0.05, 0) is 6.42 Å². The molecule has 2 heterocycles. The van der Waals surface area contributed by atoms with Crippen molar-refractivity contribution in [1.82, 2.24) is 20.2 Å². The number of rotatable bonds is 5. The Hall–Kier alpha value is -2.09. The molecule has 3 N–H and O–H groups in total. The molecular weight excluding hydrogens is 264 g/mol. The van der Waals surface area contributed by atoms with E-state index in [-0.39, 0.29) is 19.2 Å². The second-order valence-electron chi connectivity index (χ2n) is 4.52. The van der Waals surface area contributed by atoms with Gasteiger partial charge in [0.2, 0.25) is 0 Å². The number of aromatic nitrogens is 2. The first kappa shape index (κ1) is 14.3. The van der Waals surface area contributed by atoms with Gasteiger partial charge in [0.15, 0.2) is 6.10 Å². The van der Waals surface area contributed by atoms with Gasteiger partial charge in [0.1, 0.15) is 5.82 Å². The van der Waals surface area contributed by atoms with Crippen molar-refractivity contribution in [1.29, 1.82) is 0 Å². The number of carbonyl (C=O) groups excluding carboxylic acids is 1. The Morgan fingerprint density at radius 3 is 3.15 bits per heavy atom. The number of hydrogen-bond acceptors (Lipinski definition) is 4. The summed E-state index contributed by atoms with van der Waals surface area (Å²) >= 11 is 0. The number of imidazole rings is 1. The van der Waals surface area contributed by atoms with Gasteiger partial charge in [-0.15, -0.1) is 0 Å². The molecule has 20 heavy (non-hydrogen) atoms. The molecule has 1 aliphatic heterocycles. The fourth-order valence-electron chi connectivity index (χ4n) is 1.98. The standard InChI is InChI=1S/C12H18N4O4/c17-11(18)9-8-16(6-7-20-9)12(19)15-3-1-2-10-13-4-5-14-10/h4-5,9H,1-3,6-8H2,(H,13,14)(H,15,19)(H,17,18). The Morgan fingerprint density at radius 1 is 1.60 bits per heavy atom. The summed E-state index contributed by atoms with van der Waals surface area (Å²) < 4.78 is 5.06. The van der Waals surface area contributed by atoms with Gasteiger partial charge in [0.05, 0.1) is 13.2 Å². The number of ether oxygens (including phenoxy) is 1. The summed E-state index contributed by atoms with van der Waals surface area (Å²) in [5, 5.41) is 11.6. The van der Waals surface area contributed by atoms with E-state index in [1.807, 2.05) is 0 Å². The zero-order valence-electron chi connectivity index (χ0n) is 11.0. The number of aliphatic carboxylic acids is 1. The second kappa shape index (κ2) is 6.90. The minimum atomic E-state index is -1.04. The summed E-state index contributed by atoms with van der Waals surface area (Å²) in [6.07, 6.45) is 4.04. The Kier molecular flexibility index (Phi) is 4.94. The van der Waals surface area contributed by atoms with E-state index < -0.39 is 12.1 Å². The Morgan fingerprint density at radius 2 is 2.45 bits per heavy atom. The molecule has 2 amide bonds. The molecule has 0 spiro atoms. The largest absolute Gasteiger partial charge is 0.479 e. The van der Waals surface area contributed by atoms with E-state index in [9.17, 15) is 9.59 Å². The predicted octanol–water partition coefficient (Wildman–Crippen LogP) is -0.163. The zero-order chi connectivity index (χ0) is 14.4. The average molecular weight is 282 g/mol. The lowest BCUT2D eigenvalue weighted by Gasteiger charge is -2.30. The van der Waals surface area contributed by atoms with E-state index in [0.29, 0.717) is 13.1 Å². The van der Waals surface area contributed by atoms with Crippen LogP contribution in [0.2, 0.25) is 0 Å².